The number of benzene rings is 2. The number of ether oxygens (including phenoxy) is 1. The van der Waals surface area contributed by atoms with Gasteiger partial charge in [-0.25, -0.2) is 14.2 Å². The second kappa shape index (κ2) is 8.13. The van der Waals surface area contributed by atoms with Gasteiger partial charge in [-0.15, -0.1) is 0 Å². The summed E-state index contributed by atoms with van der Waals surface area (Å²) in [5.74, 6) is -1.57. The Hall–Kier alpha value is -3.00. The van der Waals surface area contributed by atoms with Crippen LogP contribution in [0.2, 0.25) is 0 Å². The van der Waals surface area contributed by atoms with E-state index in [0.717, 1.165) is 10.0 Å². The quantitative estimate of drug-likeness (QED) is 0.622. The third-order valence-corrected chi connectivity index (χ3v) is 4.34. The van der Waals surface area contributed by atoms with Gasteiger partial charge >= 0.3 is 5.97 Å². The molecular formula is C19H15BrFN3O3. The summed E-state index contributed by atoms with van der Waals surface area (Å²) in [7, 11) is 0. The van der Waals surface area contributed by atoms with Crippen LogP contribution in [0.5, 0.6) is 0 Å². The fraction of sp³-hybridized carbons (Fsp3) is 0.105. The summed E-state index contributed by atoms with van der Waals surface area (Å²) in [5.41, 5.74) is 2.30. The minimum Gasteiger partial charge on any atom is -0.451 e. The third kappa shape index (κ3) is 4.59. The number of carbonyl (C=O) groups excluding carboxylic acids is 2. The Balaban J connectivity index is 1.64. The molecule has 8 heteroatoms. The van der Waals surface area contributed by atoms with E-state index >= 15 is 0 Å². The molecule has 138 valence electrons. The second-order valence-corrected chi connectivity index (χ2v) is 6.59. The monoisotopic (exact) mass is 431 g/mol. The lowest BCUT2D eigenvalue weighted by Crippen LogP contribution is -2.22. The van der Waals surface area contributed by atoms with Crippen molar-refractivity contribution in [2.24, 2.45) is 0 Å². The van der Waals surface area contributed by atoms with Crippen molar-refractivity contribution in [3.05, 3.63) is 76.5 Å². The van der Waals surface area contributed by atoms with Gasteiger partial charge in [0.25, 0.3) is 5.91 Å². The predicted octanol–water partition coefficient (Wildman–Crippen LogP) is 3.88. The van der Waals surface area contributed by atoms with E-state index in [1.165, 1.54) is 41.4 Å². The highest BCUT2D eigenvalue weighted by Crippen LogP contribution is 2.23. The maximum absolute atomic E-state index is 13.1. The number of carbonyl (C=O) groups is 2. The summed E-state index contributed by atoms with van der Waals surface area (Å²) in [6.45, 7) is 1.48. The summed E-state index contributed by atoms with van der Waals surface area (Å²) in [5, 5.41) is 2.66. The number of nitrogens with zero attached hydrogens (tertiary/aromatic N) is 2. The first-order valence-electron chi connectivity index (χ1n) is 7.95. The zero-order valence-corrected chi connectivity index (χ0v) is 15.9. The molecule has 0 radical (unpaired) electrons. The molecular weight excluding hydrogens is 417 g/mol. The normalized spacial score (nSPS) is 10.5. The molecule has 0 saturated carbocycles. The number of rotatable bonds is 5. The number of amides is 1. The summed E-state index contributed by atoms with van der Waals surface area (Å²) in [6.07, 6.45) is 2.73. The minimum absolute atomic E-state index is 0.130. The largest absolute Gasteiger partial charge is 0.451 e. The summed E-state index contributed by atoms with van der Waals surface area (Å²) >= 11 is 3.37. The Morgan fingerprint density at radius 2 is 1.96 bits per heavy atom. The summed E-state index contributed by atoms with van der Waals surface area (Å²) in [4.78, 5) is 28.3. The van der Waals surface area contributed by atoms with Crippen molar-refractivity contribution >= 4 is 33.5 Å². The van der Waals surface area contributed by atoms with E-state index in [1.54, 1.807) is 6.07 Å². The third-order valence-electron chi connectivity index (χ3n) is 3.69. The van der Waals surface area contributed by atoms with E-state index in [2.05, 4.69) is 26.2 Å². The fourth-order valence-corrected chi connectivity index (χ4v) is 2.96. The van der Waals surface area contributed by atoms with Crippen LogP contribution < -0.4 is 5.32 Å². The van der Waals surface area contributed by atoms with Crippen molar-refractivity contribution in [2.45, 2.75) is 6.92 Å². The number of imidazole rings is 1. The van der Waals surface area contributed by atoms with Crippen LogP contribution in [0.4, 0.5) is 10.1 Å². The minimum atomic E-state index is -0.713. The smallest absolute Gasteiger partial charge is 0.357 e. The van der Waals surface area contributed by atoms with Crippen LogP contribution in [0.15, 0.2) is 59.5 Å². The fourth-order valence-electron chi connectivity index (χ4n) is 2.37. The van der Waals surface area contributed by atoms with E-state index in [1.807, 2.05) is 19.1 Å². The van der Waals surface area contributed by atoms with Crippen molar-refractivity contribution in [3.63, 3.8) is 0 Å². The number of aryl methyl sites for hydroxylation is 1. The van der Waals surface area contributed by atoms with Crippen LogP contribution in [-0.2, 0) is 9.53 Å². The Morgan fingerprint density at radius 1 is 1.22 bits per heavy atom. The highest BCUT2D eigenvalue weighted by molar-refractivity contribution is 9.10. The molecule has 1 heterocycles. The van der Waals surface area contributed by atoms with Crippen LogP contribution in [0.3, 0.4) is 0 Å². The van der Waals surface area contributed by atoms with E-state index in [0.29, 0.717) is 11.4 Å². The molecule has 0 fully saturated rings. The lowest BCUT2D eigenvalue weighted by atomic mass is 10.2. The second-order valence-electron chi connectivity index (χ2n) is 5.73. The zero-order chi connectivity index (χ0) is 19.4. The molecule has 1 aromatic heterocycles. The number of nitrogens with one attached hydrogen (secondary N) is 1. The highest BCUT2D eigenvalue weighted by Gasteiger charge is 2.16. The van der Waals surface area contributed by atoms with Crippen molar-refractivity contribution in [1.29, 1.82) is 0 Å². The van der Waals surface area contributed by atoms with Crippen molar-refractivity contribution in [3.8, 4) is 5.69 Å². The lowest BCUT2D eigenvalue weighted by molar-refractivity contribution is -0.119. The van der Waals surface area contributed by atoms with Crippen molar-refractivity contribution < 1.29 is 18.7 Å². The Kier molecular flexibility index (Phi) is 5.66. The van der Waals surface area contributed by atoms with Crippen LogP contribution in [0.25, 0.3) is 5.69 Å². The van der Waals surface area contributed by atoms with Crippen LogP contribution >= 0.6 is 15.9 Å². The Labute approximate surface area is 163 Å². The molecule has 6 nitrogen and oxygen atoms in total. The summed E-state index contributed by atoms with van der Waals surface area (Å²) in [6, 6.07) is 11.0. The standard InChI is InChI=1S/C19H15BrFN3O3/c1-12-2-7-16(15(20)8-12)23-18(25)10-27-19(26)17-9-22-11-24(17)14-5-3-13(21)4-6-14/h2-9,11H,10H2,1H3,(H,23,25). The zero-order valence-electron chi connectivity index (χ0n) is 14.3. The Bertz CT molecular complexity index is 986. The highest BCUT2D eigenvalue weighted by atomic mass is 79.9. The SMILES string of the molecule is Cc1ccc(NC(=O)COC(=O)c2cncn2-c2ccc(F)cc2)c(Br)c1. The number of aromatic nitrogens is 2. The molecule has 0 aliphatic rings. The molecule has 3 rings (SSSR count). The van der Waals surface area contributed by atoms with E-state index in [9.17, 15) is 14.0 Å². The molecule has 1 amide bonds. The molecule has 0 aliphatic heterocycles. The molecule has 0 unspecified atom stereocenters. The van der Waals surface area contributed by atoms with Gasteiger partial charge in [-0.1, -0.05) is 6.07 Å². The average Bonchev–Trinajstić information content (AvgIpc) is 3.12. The average molecular weight is 432 g/mol. The van der Waals surface area contributed by atoms with E-state index < -0.39 is 18.5 Å². The first kappa shape index (κ1) is 18.8. The number of esters is 1. The molecule has 3 aromatic rings. The van der Waals surface area contributed by atoms with Gasteiger partial charge in [0, 0.05) is 10.2 Å². The van der Waals surface area contributed by atoms with Crippen LogP contribution in [-0.4, -0.2) is 28.0 Å². The molecule has 0 saturated heterocycles. The maximum atomic E-state index is 13.1. The molecule has 0 spiro atoms. The van der Waals surface area contributed by atoms with E-state index in [-0.39, 0.29) is 11.5 Å². The number of halogens is 2. The predicted molar refractivity (Wildman–Crippen MR) is 101 cm³/mol. The number of hydrogen-bond donors (Lipinski definition) is 1. The van der Waals surface area contributed by atoms with Crippen LogP contribution in [0, 0.1) is 12.7 Å². The van der Waals surface area contributed by atoms with Gasteiger partial charge < -0.3 is 10.1 Å². The van der Waals surface area contributed by atoms with Crippen LogP contribution in [0.1, 0.15) is 16.1 Å². The van der Waals surface area contributed by atoms with Gasteiger partial charge in [0.05, 0.1) is 18.2 Å². The molecule has 2 aromatic carbocycles. The molecule has 0 aliphatic carbocycles. The topological polar surface area (TPSA) is 73.2 Å². The number of hydrogen-bond acceptors (Lipinski definition) is 4. The van der Waals surface area contributed by atoms with E-state index in [4.69, 9.17) is 4.74 Å². The molecule has 1 N–H and O–H groups in total. The first-order valence-corrected chi connectivity index (χ1v) is 8.75. The first-order chi connectivity index (χ1) is 12.9. The van der Waals surface area contributed by atoms with Gasteiger partial charge in [0.15, 0.2) is 12.3 Å². The van der Waals surface area contributed by atoms with Gasteiger partial charge in [-0.05, 0) is 64.8 Å². The van der Waals surface area contributed by atoms with Gasteiger partial charge in [-0.3, -0.25) is 9.36 Å². The van der Waals surface area contributed by atoms with Crippen molar-refractivity contribution in [2.75, 3.05) is 11.9 Å². The molecule has 27 heavy (non-hydrogen) atoms. The molecule has 0 bridgehead atoms. The summed E-state index contributed by atoms with van der Waals surface area (Å²) < 4.78 is 20.3. The van der Waals surface area contributed by atoms with Crippen molar-refractivity contribution in [1.82, 2.24) is 9.55 Å². The molecule has 0 atom stereocenters. The lowest BCUT2D eigenvalue weighted by Gasteiger charge is -2.10. The number of anilines is 1. The maximum Gasteiger partial charge on any atom is 0.357 e. The van der Waals surface area contributed by atoms with Gasteiger partial charge in [-0.2, -0.15) is 0 Å². The van der Waals surface area contributed by atoms with Gasteiger partial charge in [0.1, 0.15) is 5.82 Å². The van der Waals surface area contributed by atoms with Gasteiger partial charge in [0.2, 0.25) is 0 Å². The Morgan fingerprint density at radius 3 is 2.67 bits per heavy atom.